The molecule has 0 saturated heterocycles. The average molecular weight is 293 g/mol. The van der Waals surface area contributed by atoms with E-state index in [-0.39, 0.29) is 11.5 Å². The molecule has 3 nitrogen and oxygen atoms in total. The van der Waals surface area contributed by atoms with E-state index in [2.05, 4.69) is 4.99 Å². The van der Waals surface area contributed by atoms with Gasteiger partial charge in [0.15, 0.2) is 0 Å². The van der Waals surface area contributed by atoms with Crippen molar-refractivity contribution in [1.82, 2.24) is 0 Å². The lowest BCUT2D eigenvalue weighted by Crippen LogP contribution is -2.16. The van der Waals surface area contributed by atoms with Crippen LogP contribution < -0.4 is 4.74 Å². The van der Waals surface area contributed by atoms with Crippen molar-refractivity contribution in [2.24, 2.45) is 4.99 Å². The van der Waals surface area contributed by atoms with E-state index in [4.69, 9.17) is 4.74 Å². The molecule has 2 aromatic rings. The molecule has 0 fully saturated rings. The van der Waals surface area contributed by atoms with Crippen LogP contribution in [-0.4, -0.2) is 11.0 Å². The van der Waals surface area contributed by atoms with Gasteiger partial charge >= 0.3 is 6.18 Å². The standard InChI is InChI=1S/C15H10F3NO2/c16-15(17,18)10-5-6-11(12(20)7-10)14-19-8-9-3-1-2-4-13(9)21-14/h1-7,20H,8H2. The molecule has 21 heavy (non-hydrogen) atoms. The van der Waals surface area contributed by atoms with Crippen molar-refractivity contribution < 1.29 is 23.0 Å². The Labute approximate surface area is 118 Å². The summed E-state index contributed by atoms with van der Waals surface area (Å²) >= 11 is 0. The van der Waals surface area contributed by atoms with E-state index in [0.29, 0.717) is 18.4 Å². The van der Waals surface area contributed by atoms with Gasteiger partial charge in [-0.05, 0) is 24.3 Å². The predicted molar refractivity (Wildman–Crippen MR) is 70.4 cm³/mol. The van der Waals surface area contributed by atoms with Crippen LogP contribution in [0.25, 0.3) is 0 Å². The first-order valence-electron chi connectivity index (χ1n) is 6.16. The number of ether oxygens (including phenoxy) is 1. The highest BCUT2D eigenvalue weighted by molar-refractivity contribution is 5.99. The zero-order chi connectivity index (χ0) is 15.0. The monoisotopic (exact) mass is 293 g/mol. The number of phenols is 1. The number of phenolic OH excluding ortho intramolecular Hbond substituents is 1. The highest BCUT2D eigenvalue weighted by Crippen LogP contribution is 2.34. The molecule has 0 aromatic heterocycles. The summed E-state index contributed by atoms with van der Waals surface area (Å²) in [6, 6.07) is 9.94. The molecule has 0 saturated carbocycles. The number of hydrogen-bond acceptors (Lipinski definition) is 3. The number of fused-ring (bicyclic) bond motifs is 1. The van der Waals surface area contributed by atoms with E-state index >= 15 is 0 Å². The maximum absolute atomic E-state index is 12.6. The minimum atomic E-state index is -4.50. The molecule has 6 heteroatoms. The maximum atomic E-state index is 12.6. The van der Waals surface area contributed by atoms with Crippen molar-refractivity contribution in [3.05, 3.63) is 59.2 Å². The first-order chi connectivity index (χ1) is 9.95. The zero-order valence-electron chi connectivity index (χ0n) is 10.7. The molecule has 0 amide bonds. The van der Waals surface area contributed by atoms with Gasteiger partial charge in [0.05, 0.1) is 17.7 Å². The molecule has 0 spiro atoms. The largest absolute Gasteiger partial charge is 0.507 e. The minimum absolute atomic E-state index is 0.111. The van der Waals surface area contributed by atoms with Crippen molar-refractivity contribution in [3.8, 4) is 11.5 Å². The molecule has 1 aliphatic rings. The first-order valence-corrected chi connectivity index (χ1v) is 6.16. The van der Waals surface area contributed by atoms with Gasteiger partial charge < -0.3 is 9.84 Å². The fraction of sp³-hybridized carbons (Fsp3) is 0.133. The summed E-state index contributed by atoms with van der Waals surface area (Å²) in [5.74, 6) is 0.185. The number of alkyl halides is 3. The number of aliphatic imine (C=N–C) groups is 1. The lowest BCUT2D eigenvalue weighted by atomic mass is 10.1. The molecule has 0 bridgehead atoms. The number of para-hydroxylation sites is 1. The predicted octanol–water partition coefficient (Wildman–Crippen LogP) is 3.75. The van der Waals surface area contributed by atoms with Gasteiger partial charge in [0.2, 0.25) is 5.90 Å². The van der Waals surface area contributed by atoms with Crippen LogP contribution in [0.15, 0.2) is 47.5 Å². The molecule has 0 unspecified atom stereocenters. The summed E-state index contributed by atoms with van der Waals surface area (Å²) < 4.78 is 43.2. The molecule has 108 valence electrons. The number of nitrogens with zero attached hydrogens (tertiary/aromatic N) is 1. The van der Waals surface area contributed by atoms with E-state index in [1.165, 1.54) is 0 Å². The topological polar surface area (TPSA) is 41.8 Å². The second-order valence-electron chi connectivity index (χ2n) is 4.56. The van der Waals surface area contributed by atoms with E-state index in [9.17, 15) is 18.3 Å². The highest BCUT2D eigenvalue weighted by atomic mass is 19.4. The third-order valence-corrected chi connectivity index (χ3v) is 3.13. The normalized spacial score (nSPS) is 14.1. The van der Waals surface area contributed by atoms with Gasteiger partial charge in [0.25, 0.3) is 0 Å². The summed E-state index contributed by atoms with van der Waals surface area (Å²) in [6.45, 7) is 0.353. The second kappa shape index (κ2) is 4.80. The molecule has 0 atom stereocenters. The van der Waals surface area contributed by atoms with E-state index in [1.807, 2.05) is 12.1 Å². The van der Waals surface area contributed by atoms with E-state index in [1.54, 1.807) is 12.1 Å². The molecule has 1 aliphatic heterocycles. The van der Waals surface area contributed by atoms with Crippen LogP contribution in [0, 0.1) is 0 Å². The van der Waals surface area contributed by atoms with Crippen molar-refractivity contribution in [1.29, 1.82) is 0 Å². The lowest BCUT2D eigenvalue weighted by molar-refractivity contribution is -0.137. The third-order valence-electron chi connectivity index (χ3n) is 3.13. The molecular weight excluding hydrogens is 283 g/mol. The minimum Gasteiger partial charge on any atom is -0.507 e. The zero-order valence-corrected chi connectivity index (χ0v) is 10.7. The Kier molecular flexibility index (Phi) is 3.08. The maximum Gasteiger partial charge on any atom is 0.416 e. The van der Waals surface area contributed by atoms with Crippen LogP contribution in [0.5, 0.6) is 11.5 Å². The van der Waals surface area contributed by atoms with Gasteiger partial charge in [0, 0.05) is 5.56 Å². The number of aromatic hydroxyl groups is 1. The Balaban J connectivity index is 1.94. The Morgan fingerprint density at radius 2 is 1.86 bits per heavy atom. The number of hydrogen-bond donors (Lipinski definition) is 1. The summed E-state index contributed by atoms with van der Waals surface area (Å²) in [5.41, 5.74) is 0.103. The highest BCUT2D eigenvalue weighted by Gasteiger charge is 2.31. The van der Waals surface area contributed by atoms with E-state index in [0.717, 1.165) is 17.7 Å². The Bertz CT molecular complexity index is 723. The molecule has 3 rings (SSSR count). The summed E-state index contributed by atoms with van der Waals surface area (Å²) in [6.07, 6.45) is -4.50. The number of rotatable bonds is 1. The van der Waals surface area contributed by atoms with Crippen molar-refractivity contribution >= 4 is 5.90 Å². The molecule has 2 aromatic carbocycles. The van der Waals surface area contributed by atoms with E-state index < -0.39 is 17.5 Å². The van der Waals surface area contributed by atoms with Gasteiger partial charge in [-0.3, -0.25) is 0 Å². The van der Waals surface area contributed by atoms with Gasteiger partial charge in [-0.25, -0.2) is 4.99 Å². The molecule has 1 N–H and O–H groups in total. The Morgan fingerprint density at radius 3 is 2.57 bits per heavy atom. The quantitative estimate of drug-likeness (QED) is 0.870. The van der Waals surface area contributed by atoms with Crippen LogP contribution >= 0.6 is 0 Å². The summed E-state index contributed by atoms with van der Waals surface area (Å²) in [7, 11) is 0. The van der Waals surface area contributed by atoms with Crippen LogP contribution in [0.2, 0.25) is 0 Å². The fourth-order valence-corrected chi connectivity index (χ4v) is 2.06. The average Bonchev–Trinajstić information content (AvgIpc) is 2.45. The van der Waals surface area contributed by atoms with Crippen LogP contribution in [0.1, 0.15) is 16.7 Å². The second-order valence-corrected chi connectivity index (χ2v) is 4.56. The molecular formula is C15H10F3NO2. The number of halogens is 3. The third kappa shape index (κ3) is 2.56. The van der Waals surface area contributed by atoms with Crippen molar-refractivity contribution in [2.75, 3.05) is 0 Å². The summed E-state index contributed by atoms with van der Waals surface area (Å²) in [4.78, 5) is 4.15. The van der Waals surface area contributed by atoms with Gasteiger partial charge in [0.1, 0.15) is 11.5 Å². The SMILES string of the molecule is Oc1cc(C(F)(F)F)ccc1C1=NCc2ccccc2O1. The van der Waals surface area contributed by atoms with Crippen LogP contribution in [0.3, 0.4) is 0 Å². The Hall–Kier alpha value is -2.50. The van der Waals surface area contributed by atoms with Crippen molar-refractivity contribution in [3.63, 3.8) is 0 Å². The molecule has 0 aliphatic carbocycles. The lowest BCUT2D eigenvalue weighted by Gasteiger charge is -2.18. The van der Waals surface area contributed by atoms with Crippen LogP contribution in [-0.2, 0) is 12.7 Å². The van der Waals surface area contributed by atoms with Crippen LogP contribution in [0.4, 0.5) is 13.2 Å². The van der Waals surface area contributed by atoms with Gasteiger partial charge in [-0.2, -0.15) is 13.2 Å². The van der Waals surface area contributed by atoms with Crippen molar-refractivity contribution in [2.45, 2.75) is 12.7 Å². The van der Waals surface area contributed by atoms with Gasteiger partial charge in [-0.15, -0.1) is 0 Å². The Morgan fingerprint density at radius 1 is 1.10 bits per heavy atom. The van der Waals surface area contributed by atoms with Gasteiger partial charge in [-0.1, -0.05) is 18.2 Å². The smallest absolute Gasteiger partial charge is 0.416 e. The number of benzene rings is 2. The first kappa shape index (κ1) is 13.5. The molecule has 1 heterocycles. The fourth-order valence-electron chi connectivity index (χ4n) is 2.06. The molecule has 0 radical (unpaired) electrons. The summed E-state index contributed by atoms with van der Waals surface area (Å²) in [5, 5.41) is 9.79.